The van der Waals surface area contributed by atoms with Crippen molar-refractivity contribution in [2.75, 3.05) is 0 Å². The molecule has 0 bridgehead atoms. The normalized spacial score (nSPS) is 18.0. The lowest BCUT2D eigenvalue weighted by Gasteiger charge is -2.34. The fourth-order valence-corrected chi connectivity index (χ4v) is 6.91. The third kappa shape index (κ3) is 4.40. The topological polar surface area (TPSA) is 20.3 Å². The molecule has 0 N–H and O–H groups in total. The molecule has 3 aromatic rings. The van der Waals surface area contributed by atoms with Gasteiger partial charge in [0.05, 0.1) is 5.02 Å². The zero-order chi connectivity index (χ0) is 21.2. The number of amides is 1. The Morgan fingerprint density at radius 2 is 1.68 bits per heavy atom. The van der Waals surface area contributed by atoms with Crippen LogP contribution in [0.2, 0.25) is 5.02 Å². The van der Waals surface area contributed by atoms with E-state index in [4.69, 9.17) is 11.6 Å². The Labute approximate surface area is 194 Å². The predicted molar refractivity (Wildman–Crippen MR) is 131 cm³/mol. The number of thiophene rings is 1. The molecule has 1 amide bonds. The van der Waals surface area contributed by atoms with Gasteiger partial charge in [0.2, 0.25) is 0 Å². The van der Waals surface area contributed by atoms with Gasteiger partial charge < -0.3 is 4.90 Å². The molecule has 0 atom stereocenters. The molecule has 162 valence electrons. The molecule has 2 aliphatic carbocycles. The number of benzene rings is 2. The van der Waals surface area contributed by atoms with Gasteiger partial charge in [0.25, 0.3) is 5.91 Å². The van der Waals surface area contributed by atoms with E-state index in [1.165, 1.54) is 67.4 Å². The fraction of sp³-hybridized carbons (Fsp3) is 0.444. The molecule has 0 spiro atoms. The largest absolute Gasteiger partial charge is 0.331 e. The van der Waals surface area contributed by atoms with Crippen molar-refractivity contribution in [3.8, 4) is 0 Å². The molecule has 2 nitrogen and oxygen atoms in total. The Bertz CT molecular complexity index is 1060. The smallest absolute Gasteiger partial charge is 0.266 e. The Hall–Kier alpha value is -1.84. The third-order valence-corrected chi connectivity index (χ3v) is 8.80. The van der Waals surface area contributed by atoms with Crippen LogP contribution in [0.5, 0.6) is 0 Å². The summed E-state index contributed by atoms with van der Waals surface area (Å²) in [7, 11) is 0. The molecule has 0 saturated heterocycles. The highest BCUT2D eigenvalue weighted by molar-refractivity contribution is 7.21. The van der Waals surface area contributed by atoms with Crippen LogP contribution in [0.1, 0.15) is 84.5 Å². The molecule has 4 heteroatoms. The number of fused-ring (bicyclic) bond motifs is 1. The van der Waals surface area contributed by atoms with Gasteiger partial charge in [-0.2, -0.15) is 0 Å². The second-order valence-corrected chi connectivity index (χ2v) is 10.6. The highest BCUT2D eigenvalue weighted by atomic mass is 35.5. The second kappa shape index (κ2) is 9.34. The van der Waals surface area contributed by atoms with E-state index >= 15 is 0 Å². The summed E-state index contributed by atoms with van der Waals surface area (Å²) < 4.78 is 1.09. The van der Waals surface area contributed by atoms with Gasteiger partial charge in [-0.25, -0.2) is 0 Å². The zero-order valence-corrected chi connectivity index (χ0v) is 19.6. The van der Waals surface area contributed by atoms with Gasteiger partial charge in [-0.05, 0) is 48.8 Å². The minimum atomic E-state index is 0.101. The summed E-state index contributed by atoms with van der Waals surface area (Å²) in [6, 6.07) is 17.4. The monoisotopic (exact) mass is 451 g/mol. The van der Waals surface area contributed by atoms with Crippen LogP contribution in [0.3, 0.4) is 0 Å². The van der Waals surface area contributed by atoms with Crippen molar-refractivity contribution in [1.82, 2.24) is 4.90 Å². The molecule has 2 aromatic carbocycles. The molecule has 1 heterocycles. The molecule has 2 saturated carbocycles. The van der Waals surface area contributed by atoms with Crippen LogP contribution >= 0.6 is 22.9 Å². The summed E-state index contributed by atoms with van der Waals surface area (Å²) in [5, 5.41) is 1.61. The Balaban J connectivity index is 1.46. The Morgan fingerprint density at radius 1 is 0.935 bits per heavy atom. The van der Waals surface area contributed by atoms with Crippen molar-refractivity contribution in [3.05, 3.63) is 69.6 Å². The maximum Gasteiger partial charge on any atom is 0.266 e. The fourth-order valence-electron chi connectivity index (χ4n) is 5.44. The summed E-state index contributed by atoms with van der Waals surface area (Å²) in [6.07, 6.45) is 11.1. The van der Waals surface area contributed by atoms with Gasteiger partial charge in [-0.15, -0.1) is 11.3 Å². The number of hydrogen-bond acceptors (Lipinski definition) is 2. The third-order valence-electron chi connectivity index (χ3n) is 7.14. The van der Waals surface area contributed by atoms with E-state index in [0.29, 0.717) is 28.4 Å². The van der Waals surface area contributed by atoms with E-state index in [9.17, 15) is 4.79 Å². The number of halogens is 1. The average Bonchev–Trinajstić information content (AvgIpc) is 3.47. The van der Waals surface area contributed by atoms with Gasteiger partial charge in [0.1, 0.15) is 4.88 Å². The number of carbonyl (C=O) groups is 1. The van der Waals surface area contributed by atoms with Crippen LogP contribution in [0.4, 0.5) is 0 Å². The van der Waals surface area contributed by atoms with Crippen molar-refractivity contribution >= 4 is 38.9 Å². The number of hydrogen-bond donors (Lipinski definition) is 0. The van der Waals surface area contributed by atoms with Crippen molar-refractivity contribution in [1.29, 1.82) is 0 Å². The maximum atomic E-state index is 13.8. The van der Waals surface area contributed by atoms with Crippen molar-refractivity contribution in [3.63, 3.8) is 0 Å². The SMILES string of the molecule is O=C(c1sc2ccccc2c1Cl)N(Cc1cccc(C2CCCC2)c1)C1CCCCC1. The first-order chi connectivity index (χ1) is 15.2. The van der Waals surface area contributed by atoms with Gasteiger partial charge >= 0.3 is 0 Å². The first-order valence-corrected chi connectivity index (χ1v) is 13.0. The molecule has 1 aromatic heterocycles. The molecule has 0 aliphatic heterocycles. The van der Waals surface area contributed by atoms with Crippen molar-refractivity contribution in [2.24, 2.45) is 0 Å². The molecule has 0 radical (unpaired) electrons. The molecular formula is C27H30ClNOS. The van der Waals surface area contributed by atoms with E-state index in [1.807, 2.05) is 18.2 Å². The molecule has 5 rings (SSSR count). The summed E-state index contributed by atoms with van der Waals surface area (Å²) in [5.41, 5.74) is 2.70. The number of rotatable bonds is 5. The first kappa shape index (κ1) is 21.0. The number of carbonyl (C=O) groups excluding carboxylic acids is 1. The quantitative estimate of drug-likeness (QED) is 0.382. The van der Waals surface area contributed by atoms with Crippen molar-refractivity contribution in [2.45, 2.75) is 76.3 Å². The predicted octanol–water partition coefficient (Wildman–Crippen LogP) is 8.19. The van der Waals surface area contributed by atoms with Gasteiger partial charge in [0.15, 0.2) is 0 Å². The van der Waals surface area contributed by atoms with E-state index in [0.717, 1.165) is 22.9 Å². The van der Waals surface area contributed by atoms with Crippen molar-refractivity contribution < 1.29 is 4.79 Å². The Kier molecular flexibility index (Phi) is 6.34. The highest BCUT2D eigenvalue weighted by Gasteiger charge is 2.29. The summed E-state index contributed by atoms with van der Waals surface area (Å²) in [6.45, 7) is 0.675. The summed E-state index contributed by atoms with van der Waals surface area (Å²) in [5.74, 6) is 0.792. The first-order valence-electron chi connectivity index (χ1n) is 11.8. The standard InChI is InChI=1S/C27H30ClNOS/c28-25-23-15-6-7-16-24(23)31-26(25)27(30)29(22-13-2-1-3-14-22)18-19-9-8-12-21(17-19)20-10-4-5-11-20/h6-9,12,15-17,20,22H,1-5,10-11,13-14,18H2. The molecule has 2 fully saturated rings. The van der Waals surface area contributed by atoms with Crippen LogP contribution in [-0.4, -0.2) is 16.8 Å². The van der Waals surface area contributed by atoms with E-state index in [1.54, 1.807) is 0 Å². The van der Waals surface area contributed by atoms with E-state index in [2.05, 4.69) is 35.2 Å². The zero-order valence-electron chi connectivity index (χ0n) is 18.0. The lowest BCUT2D eigenvalue weighted by atomic mass is 9.92. The van der Waals surface area contributed by atoms with Gasteiger partial charge in [0, 0.05) is 22.7 Å². The number of nitrogens with zero attached hydrogens (tertiary/aromatic N) is 1. The average molecular weight is 452 g/mol. The second-order valence-electron chi connectivity index (χ2n) is 9.19. The summed E-state index contributed by atoms with van der Waals surface area (Å²) >= 11 is 8.25. The Morgan fingerprint density at radius 3 is 2.45 bits per heavy atom. The van der Waals surface area contributed by atoms with Gasteiger partial charge in [-0.1, -0.05) is 86.2 Å². The molecule has 31 heavy (non-hydrogen) atoms. The highest BCUT2D eigenvalue weighted by Crippen LogP contribution is 2.38. The van der Waals surface area contributed by atoms with E-state index < -0.39 is 0 Å². The van der Waals surface area contributed by atoms with Crippen LogP contribution in [-0.2, 0) is 6.54 Å². The molecule has 0 unspecified atom stereocenters. The van der Waals surface area contributed by atoms with E-state index in [-0.39, 0.29) is 5.91 Å². The lowest BCUT2D eigenvalue weighted by Crippen LogP contribution is -2.40. The molecule has 2 aliphatic rings. The van der Waals surface area contributed by atoms with Gasteiger partial charge in [-0.3, -0.25) is 4.79 Å². The minimum absolute atomic E-state index is 0.101. The van der Waals surface area contributed by atoms with Crippen LogP contribution in [0, 0.1) is 0 Å². The van der Waals surface area contributed by atoms with Crippen LogP contribution in [0.15, 0.2) is 48.5 Å². The van der Waals surface area contributed by atoms with Crippen LogP contribution in [0.25, 0.3) is 10.1 Å². The van der Waals surface area contributed by atoms with Crippen LogP contribution < -0.4 is 0 Å². The maximum absolute atomic E-state index is 13.8. The minimum Gasteiger partial charge on any atom is -0.331 e. The lowest BCUT2D eigenvalue weighted by molar-refractivity contribution is 0.0619. The summed E-state index contributed by atoms with van der Waals surface area (Å²) in [4.78, 5) is 16.7. The molecular weight excluding hydrogens is 422 g/mol.